The maximum atomic E-state index is 11.2. The number of aliphatic carboxylic acids is 1. The number of nitrogens with two attached hydrogens (primary N) is 1. The zero-order valence-electron chi connectivity index (χ0n) is 7.69. The van der Waals surface area contributed by atoms with Gasteiger partial charge in [0.15, 0.2) is 0 Å². The van der Waals surface area contributed by atoms with E-state index in [0.717, 1.165) is 5.06 Å². The van der Waals surface area contributed by atoms with Gasteiger partial charge in [0, 0.05) is 13.5 Å². The lowest BCUT2D eigenvalue weighted by Gasteiger charge is -2.17. The molecule has 6 heteroatoms. The van der Waals surface area contributed by atoms with E-state index < -0.39 is 17.9 Å². The van der Waals surface area contributed by atoms with Crippen LogP contribution in [0.3, 0.4) is 0 Å². The summed E-state index contributed by atoms with van der Waals surface area (Å²) in [7, 11) is 2.75. The van der Waals surface area contributed by atoms with Crippen LogP contribution in [0, 0.1) is 0 Å². The van der Waals surface area contributed by atoms with Crippen LogP contribution in [0.15, 0.2) is 0 Å². The molecule has 0 fully saturated rings. The lowest BCUT2D eigenvalue weighted by Crippen LogP contribution is -2.41. The lowest BCUT2D eigenvalue weighted by atomic mass is 10.1. The van der Waals surface area contributed by atoms with E-state index in [2.05, 4.69) is 4.84 Å². The van der Waals surface area contributed by atoms with Crippen molar-refractivity contribution in [1.82, 2.24) is 5.06 Å². The normalized spacial score (nSPS) is 12.2. The molecule has 0 aliphatic rings. The molecule has 6 nitrogen and oxygen atoms in total. The van der Waals surface area contributed by atoms with Crippen molar-refractivity contribution in [3.63, 3.8) is 0 Å². The van der Waals surface area contributed by atoms with Crippen LogP contribution in [0.1, 0.15) is 12.8 Å². The van der Waals surface area contributed by atoms with Crippen molar-refractivity contribution < 1.29 is 19.5 Å². The molecule has 1 atom stereocenters. The molecule has 0 saturated carbocycles. The molecule has 0 aromatic heterocycles. The van der Waals surface area contributed by atoms with Gasteiger partial charge in [-0.2, -0.15) is 0 Å². The summed E-state index contributed by atoms with van der Waals surface area (Å²) < 4.78 is 0. The smallest absolute Gasteiger partial charge is 0.303 e. The predicted molar refractivity (Wildman–Crippen MR) is 44.6 cm³/mol. The van der Waals surface area contributed by atoms with Crippen LogP contribution in [-0.4, -0.2) is 42.2 Å². The number of hydroxylamine groups is 2. The number of hydrogen-bond donors (Lipinski definition) is 2. The third-order valence-corrected chi connectivity index (χ3v) is 1.57. The Morgan fingerprint density at radius 1 is 1.62 bits per heavy atom. The molecule has 0 rings (SSSR count). The van der Waals surface area contributed by atoms with Crippen molar-refractivity contribution in [3.05, 3.63) is 0 Å². The Hall–Kier alpha value is -1.14. The van der Waals surface area contributed by atoms with Crippen LogP contribution in [0.4, 0.5) is 0 Å². The molecule has 0 aromatic carbocycles. The molecule has 1 amide bonds. The minimum atomic E-state index is -0.969. The summed E-state index contributed by atoms with van der Waals surface area (Å²) in [5, 5.41) is 9.31. The topological polar surface area (TPSA) is 92.9 Å². The summed E-state index contributed by atoms with van der Waals surface area (Å²) in [4.78, 5) is 25.9. The van der Waals surface area contributed by atoms with E-state index in [1.54, 1.807) is 0 Å². The standard InChI is InChI=1S/C7H14N2O4/c1-9(13-2)7(12)5(8)3-4-6(10)11/h5H,3-4,8H2,1-2H3,(H,10,11). The Labute approximate surface area is 76.2 Å². The highest BCUT2D eigenvalue weighted by Gasteiger charge is 2.18. The van der Waals surface area contributed by atoms with E-state index >= 15 is 0 Å². The largest absolute Gasteiger partial charge is 0.481 e. The van der Waals surface area contributed by atoms with Crippen LogP contribution < -0.4 is 5.73 Å². The molecule has 0 aliphatic heterocycles. The molecule has 0 bridgehead atoms. The molecule has 1 unspecified atom stereocenters. The zero-order valence-corrected chi connectivity index (χ0v) is 7.69. The SMILES string of the molecule is CON(C)C(=O)C(N)CCC(=O)O. The Bertz CT molecular complexity index is 195. The third-order valence-electron chi connectivity index (χ3n) is 1.57. The monoisotopic (exact) mass is 190 g/mol. The first-order valence-corrected chi connectivity index (χ1v) is 3.78. The summed E-state index contributed by atoms with van der Waals surface area (Å²) in [6.07, 6.45) is -0.00761. The van der Waals surface area contributed by atoms with Gasteiger partial charge < -0.3 is 10.8 Å². The van der Waals surface area contributed by atoms with E-state index in [1.165, 1.54) is 14.2 Å². The van der Waals surface area contributed by atoms with Crippen LogP contribution in [0.5, 0.6) is 0 Å². The van der Waals surface area contributed by atoms with Gasteiger partial charge in [-0.05, 0) is 6.42 Å². The number of carboxylic acid groups (broad SMARTS) is 1. The number of amides is 1. The molecular weight excluding hydrogens is 176 g/mol. The minimum absolute atomic E-state index is 0.113. The van der Waals surface area contributed by atoms with Crippen LogP contribution >= 0.6 is 0 Å². The fraction of sp³-hybridized carbons (Fsp3) is 0.714. The number of rotatable bonds is 5. The van der Waals surface area contributed by atoms with Gasteiger partial charge in [0.25, 0.3) is 5.91 Å². The minimum Gasteiger partial charge on any atom is -0.481 e. The number of carbonyl (C=O) groups is 2. The Morgan fingerprint density at radius 2 is 2.15 bits per heavy atom. The fourth-order valence-corrected chi connectivity index (χ4v) is 0.726. The highest BCUT2D eigenvalue weighted by molar-refractivity contribution is 5.81. The molecule has 0 aliphatic carbocycles. The van der Waals surface area contributed by atoms with Gasteiger partial charge in [-0.3, -0.25) is 14.4 Å². The van der Waals surface area contributed by atoms with E-state index in [-0.39, 0.29) is 12.8 Å². The van der Waals surface area contributed by atoms with Gasteiger partial charge in [0.2, 0.25) is 0 Å². The molecule has 13 heavy (non-hydrogen) atoms. The van der Waals surface area contributed by atoms with Crippen LogP contribution in [-0.2, 0) is 14.4 Å². The van der Waals surface area contributed by atoms with Gasteiger partial charge in [-0.25, -0.2) is 5.06 Å². The fourth-order valence-electron chi connectivity index (χ4n) is 0.726. The van der Waals surface area contributed by atoms with Crippen molar-refractivity contribution in [2.75, 3.05) is 14.2 Å². The van der Waals surface area contributed by atoms with E-state index in [1.807, 2.05) is 0 Å². The van der Waals surface area contributed by atoms with Gasteiger partial charge in [-0.15, -0.1) is 0 Å². The first-order valence-electron chi connectivity index (χ1n) is 3.78. The van der Waals surface area contributed by atoms with Gasteiger partial charge in [0.05, 0.1) is 13.2 Å². The molecule has 0 spiro atoms. The lowest BCUT2D eigenvalue weighted by molar-refractivity contribution is -0.170. The maximum Gasteiger partial charge on any atom is 0.303 e. The molecule has 0 radical (unpaired) electrons. The van der Waals surface area contributed by atoms with Crippen molar-refractivity contribution in [2.45, 2.75) is 18.9 Å². The van der Waals surface area contributed by atoms with Gasteiger partial charge >= 0.3 is 5.97 Å². The molecule has 3 N–H and O–H groups in total. The third kappa shape index (κ3) is 4.44. The molecule has 0 heterocycles. The number of likely N-dealkylation sites (N-methyl/N-ethyl adjacent to an activating group) is 1. The second-order valence-electron chi connectivity index (χ2n) is 2.56. The second kappa shape index (κ2) is 5.50. The first-order chi connectivity index (χ1) is 5.99. The quantitative estimate of drug-likeness (QED) is 0.553. The maximum absolute atomic E-state index is 11.2. The van der Waals surface area contributed by atoms with Crippen molar-refractivity contribution >= 4 is 11.9 Å². The zero-order chi connectivity index (χ0) is 10.4. The van der Waals surface area contributed by atoms with Crippen LogP contribution in [0.2, 0.25) is 0 Å². The highest BCUT2D eigenvalue weighted by Crippen LogP contribution is 1.98. The van der Waals surface area contributed by atoms with Crippen molar-refractivity contribution in [2.24, 2.45) is 5.73 Å². The molecular formula is C7H14N2O4. The van der Waals surface area contributed by atoms with E-state index in [0.29, 0.717) is 0 Å². The Balaban J connectivity index is 3.89. The number of hydrogen-bond acceptors (Lipinski definition) is 4. The second-order valence-corrected chi connectivity index (χ2v) is 2.56. The van der Waals surface area contributed by atoms with E-state index in [9.17, 15) is 9.59 Å². The molecule has 76 valence electrons. The van der Waals surface area contributed by atoms with E-state index in [4.69, 9.17) is 10.8 Å². The average Bonchev–Trinajstić information content (AvgIpc) is 2.11. The molecule has 0 aromatic rings. The van der Waals surface area contributed by atoms with Crippen molar-refractivity contribution in [1.29, 1.82) is 0 Å². The Morgan fingerprint density at radius 3 is 2.54 bits per heavy atom. The van der Waals surface area contributed by atoms with Gasteiger partial charge in [-0.1, -0.05) is 0 Å². The summed E-state index contributed by atoms with van der Waals surface area (Å²) in [5.74, 6) is -1.40. The number of nitrogens with zero attached hydrogens (tertiary/aromatic N) is 1. The number of carbonyl (C=O) groups excluding carboxylic acids is 1. The Kier molecular flexibility index (Phi) is 5.01. The predicted octanol–water partition coefficient (Wildman–Crippen LogP) is -0.802. The summed E-state index contributed by atoms with van der Waals surface area (Å²) in [5.41, 5.74) is 5.41. The first kappa shape index (κ1) is 11.9. The summed E-state index contributed by atoms with van der Waals surface area (Å²) >= 11 is 0. The average molecular weight is 190 g/mol. The molecule has 0 saturated heterocycles. The number of carboxylic acids is 1. The van der Waals surface area contributed by atoms with Crippen LogP contribution in [0.25, 0.3) is 0 Å². The highest BCUT2D eigenvalue weighted by atomic mass is 16.7. The summed E-state index contributed by atoms with van der Waals surface area (Å²) in [6, 6.07) is -0.818. The van der Waals surface area contributed by atoms with Crippen molar-refractivity contribution in [3.8, 4) is 0 Å². The van der Waals surface area contributed by atoms with Gasteiger partial charge in [0.1, 0.15) is 0 Å². The summed E-state index contributed by atoms with van der Waals surface area (Å²) in [6.45, 7) is 0.